The van der Waals surface area contributed by atoms with Crippen LogP contribution >= 0.6 is 0 Å². The van der Waals surface area contributed by atoms with Crippen molar-refractivity contribution >= 4 is 8.32 Å². The molecule has 1 rings (SSSR count). The number of rotatable bonds is 17. The molecule has 0 saturated carbocycles. The van der Waals surface area contributed by atoms with Crippen molar-refractivity contribution in [1.29, 1.82) is 0 Å². The van der Waals surface area contributed by atoms with E-state index in [0.717, 1.165) is 42.6 Å². The molecule has 0 radical (unpaired) electrons. The van der Waals surface area contributed by atoms with Crippen LogP contribution in [0.4, 0.5) is 0 Å². The maximum Gasteiger partial charge on any atom is 0.250 e. The molecular weight excluding hydrogens is 456 g/mol. The second-order valence-corrected chi connectivity index (χ2v) is 15.8. The van der Waals surface area contributed by atoms with Gasteiger partial charge >= 0.3 is 0 Å². The lowest BCUT2D eigenvalue weighted by Crippen LogP contribution is -2.42. The molecule has 0 N–H and O–H groups in total. The molecule has 0 aliphatic rings. The van der Waals surface area contributed by atoms with E-state index in [-0.39, 0.29) is 23.2 Å². The van der Waals surface area contributed by atoms with E-state index in [1.54, 1.807) is 14.2 Å². The number of hydrogen-bond acceptors (Lipinski definition) is 5. The van der Waals surface area contributed by atoms with Crippen LogP contribution in [0, 0.1) is 5.92 Å². The van der Waals surface area contributed by atoms with E-state index < -0.39 is 8.32 Å². The van der Waals surface area contributed by atoms with Gasteiger partial charge in [0.05, 0.1) is 19.8 Å². The Kier molecular flexibility index (Phi) is 13.3. The zero-order chi connectivity index (χ0) is 26.6. The van der Waals surface area contributed by atoms with Gasteiger partial charge in [-0.2, -0.15) is 0 Å². The number of hydrogen-bond donors (Lipinski definition) is 0. The first-order valence-electron chi connectivity index (χ1n) is 12.7. The van der Waals surface area contributed by atoms with E-state index >= 15 is 0 Å². The molecule has 0 saturated heterocycles. The zero-order valence-electron chi connectivity index (χ0n) is 23.7. The first-order chi connectivity index (χ1) is 16.3. The molecule has 3 atom stereocenters. The Morgan fingerprint density at radius 2 is 1.63 bits per heavy atom. The lowest BCUT2D eigenvalue weighted by atomic mass is 9.92. The van der Waals surface area contributed by atoms with Gasteiger partial charge in [-0.05, 0) is 61.0 Å². The van der Waals surface area contributed by atoms with Crippen LogP contribution in [0.2, 0.25) is 18.1 Å². The van der Waals surface area contributed by atoms with Crippen molar-refractivity contribution in [2.75, 3.05) is 21.0 Å². The van der Waals surface area contributed by atoms with Gasteiger partial charge in [-0.25, -0.2) is 0 Å². The molecule has 0 fully saturated rings. The first-order valence-corrected chi connectivity index (χ1v) is 15.6. The fraction of sp³-hybridized carbons (Fsp3) is 0.655. The summed E-state index contributed by atoms with van der Waals surface area (Å²) in [4.78, 5) is 0. The monoisotopic (exact) mass is 506 g/mol. The van der Waals surface area contributed by atoms with E-state index in [9.17, 15) is 0 Å². The van der Waals surface area contributed by atoms with Crippen LogP contribution < -0.4 is 4.74 Å². The lowest BCUT2D eigenvalue weighted by Gasteiger charge is -2.39. The maximum absolute atomic E-state index is 6.59. The Labute approximate surface area is 216 Å². The quantitative estimate of drug-likeness (QED) is 0.0930. The molecule has 0 bridgehead atoms. The first kappa shape index (κ1) is 31.4. The summed E-state index contributed by atoms with van der Waals surface area (Å²) in [5, 5.41) is 0.0787. The third-order valence-electron chi connectivity index (χ3n) is 6.77. The molecule has 0 aliphatic carbocycles. The number of benzene rings is 1. The van der Waals surface area contributed by atoms with Gasteiger partial charge < -0.3 is 23.4 Å². The van der Waals surface area contributed by atoms with Gasteiger partial charge in [-0.1, -0.05) is 71.9 Å². The molecular formula is C29H50O5Si. The highest BCUT2D eigenvalue weighted by atomic mass is 28.4. The fourth-order valence-electron chi connectivity index (χ4n) is 3.72. The van der Waals surface area contributed by atoms with Crippen LogP contribution in [0.25, 0.3) is 0 Å². The molecule has 0 unspecified atom stereocenters. The van der Waals surface area contributed by atoms with Gasteiger partial charge in [-0.15, -0.1) is 0 Å². The molecule has 0 spiro atoms. The molecule has 200 valence electrons. The number of ether oxygens (including phenoxy) is 4. The predicted octanol–water partition coefficient (Wildman–Crippen LogP) is 7.88. The highest BCUT2D eigenvalue weighted by Crippen LogP contribution is 2.39. The largest absolute Gasteiger partial charge is 0.545 e. The molecule has 0 aromatic heterocycles. The van der Waals surface area contributed by atoms with Gasteiger partial charge in [0.15, 0.2) is 0 Å². The average molecular weight is 507 g/mol. The van der Waals surface area contributed by atoms with E-state index in [1.165, 1.54) is 0 Å². The topological polar surface area (TPSA) is 46.2 Å². The summed E-state index contributed by atoms with van der Waals surface area (Å²) in [6.07, 6.45) is 3.53. The summed E-state index contributed by atoms with van der Waals surface area (Å²) in [6.45, 7) is 25.0. The molecule has 35 heavy (non-hydrogen) atoms. The van der Waals surface area contributed by atoms with Gasteiger partial charge in [0, 0.05) is 7.11 Å². The van der Waals surface area contributed by atoms with Gasteiger partial charge in [-0.3, -0.25) is 0 Å². The van der Waals surface area contributed by atoms with Gasteiger partial charge in [0.1, 0.15) is 24.4 Å². The summed E-state index contributed by atoms with van der Waals surface area (Å²) in [5.74, 6) is 1.70. The van der Waals surface area contributed by atoms with Crippen molar-refractivity contribution in [2.24, 2.45) is 5.92 Å². The van der Waals surface area contributed by atoms with Crippen LogP contribution in [-0.2, 0) is 25.2 Å². The van der Waals surface area contributed by atoms with E-state index in [2.05, 4.69) is 60.9 Å². The Hall–Kier alpha value is -1.60. The Balaban J connectivity index is 2.96. The second-order valence-electron chi connectivity index (χ2n) is 11.0. The van der Waals surface area contributed by atoms with E-state index in [1.807, 2.05) is 24.3 Å². The Bertz CT molecular complexity index is 766. The standard InChI is InChI=1S/C29H50O5Si/c1-12-13-27(33-21-30-8)19-22(2)18-23(3)28(24(4)34-35(10,11)29(5,6)7)32-20-25-14-16-26(31-9)17-15-25/h14-17,23,27-28H,2,4,12-13,18-21H2,1,3,5-11H3/t23-,27-,28+/m1/s1. The second kappa shape index (κ2) is 14.8. The molecule has 0 amide bonds. The van der Waals surface area contributed by atoms with Crippen molar-refractivity contribution < 1.29 is 23.4 Å². The minimum atomic E-state index is -2.04. The maximum atomic E-state index is 6.59. The Morgan fingerprint density at radius 1 is 1.00 bits per heavy atom. The van der Waals surface area contributed by atoms with Crippen molar-refractivity contribution in [3.63, 3.8) is 0 Å². The van der Waals surface area contributed by atoms with Crippen LogP contribution in [-0.4, -0.2) is 41.5 Å². The summed E-state index contributed by atoms with van der Waals surface area (Å²) < 4.78 is 29.3. The van der Waals surface area contributed by atoms with Crippen molar-refractivity contribution in [2.45, 2.75) is 97.2 Å². The molecule has 0 heterocycles. The molecule has 1 aromatic carbocycles. The number of methoxy groups -OCH3 is 2. The summed E-state index contributed by atoms with van der Waals surface area (Å²) in [7, 11) is 1.28. The molecule has 1 aromatic rings. The van der Waals surface area contributed by atoms with E-state index in [4.69, 9.17) is 23.4 Å². The minimum Gasteiger partial charge on any atom is -0.545 e. The van der Waals surface area contributed by atoms with E-state index in [0.29, 0.717) is 19.2 Å². The highest BCUT2D eigenvalue weighted by molar-refractivity contribution is 6.74. The smallest absolute Gasteiger partial charge is 0.250 e. The summed E-state index contributed by atoms with van der Waals surface area (Å²) in [5.41, 5.74) is 2.23. The summed E-state index contributed by atoms with van der Waals surface area (Å²) in [6, 6.07) is 7.96. The fourth-order valence-corrected chi connectivity index (χ4v) is 4.80. The average Bonchev–Trinajstić information content (AvgIpc) is 2.77. The van der Waals surface area contributed by atoms with Crippen LogP contribution in [0.5, 0.6) is 5.75 Å². The third kappa shape index (κ3) is 10.9. The molecule has 0 aliphatic heterocycles. The van der Waals surface area contributed by atoms with Crippen LogP contribution in [0.3, 0.4) is 0 Å². The summed E-state index contributed by atoms with van der Waals surface area (Å²) >= 11 is 0. The minimum absolute atomic E-state index is 0.0787. The zero-order valence-corrected chi connectivity index (χ0v) is 24.7. The molecule has 6 heteroatoms. The molecule has 5 nitrogen and oxygen atoms in total. The van der Waals surface area contributed by atoms with Gasteiger partial charge in [0.25, 0.3) is 0 Å². The van der Waals surface area contributed by atoms with Crippen molar-refractivity contribution in [3.05, 3.63) is 54.3 Å². The predicted molar refractivity (Wildman–Crippen MR) is 148 cm³/mol. The third-order valence-corrected chi connectivity index (χ3v) is 11.2. The Morgan fingerprint density at radius 3 is 2.14 bits per heavy atom. The van der Waals surface area contributed by atoms with Crippen molar-refractivity contribution in [1.82, 2.24) is 0 Å². The van der Waals surface area contributed by atoms with Gasteiger partial charge in [0.2, 0.25) is 8.32 Å². The highest BCUT2D eigenvalue weighted by Gasteiger charge is 2.40. The van der Waals surface area contributed by atoms with Crippen LogP contribution in [0.15, 0.2) is 48.8 Å². The van der Waals surface area contributed by atoms with Crippen LogP contribution in [0.1, 0.15) is 65.9 Å². The van der Waals surface area contributed by atoms with Crippen molar-refractivity contribution in [3.8, 4) is 5.75 Å². The SMILES string of the molecule is C=C(C[C@@H](CCC)OCOC)C[C@@H](C)[C@H](OCc1ccc(OC)cc1)C(=C)O[Si](C)(C)C(C)(C)C. The normalized spacial score (nSPS) is 14.8. The lowest BCUT2D eigenvalue weighted by molar-refractivity contribution is -0.0741.